The first kappa shape index (κ1) is 32.9. The minimum atomic E-state index is 0.561. The summed E-state index contributed by atoms with van der Waals surface area (Å²) in [7, 11) is 0. The molecule has 3 aromatic heterocycles. The molecular weight excluding hydrogens is 733 g/mol. The first-order valence-electron chi connectivity index (χ1n) is 20.3. The quantitative estimate of drug-likeness (QED) is 0.167. The monoisotopic (exact) mass is 764 g/mol. The molecule has 0 saturated carbocycles. The molecule has 3 heterocycles. The molecule has 0 bridgehead atoms. The van der Waals surface area contributed by atoms with Gasteiger partial charge in [0.25, 0.3) is 0 Å². The van der Waals surface area contributed by atoms with Crippen molar-refractivity contribution in [1.29, 1.82) is 0 Å². The molecule has 0 unspecified atom stereocenters. The molecule has 0 aliphatic heterocycles. The van der Waals surface area contributed by atoms with Crippen LogP contribution in [0.15, 0.2) is 199 Å². The molecule has 60 heavy (non-hydrogen) atoms. The maximum Gasteiger partial charge on any atom is 0.166 e. The lowest BCUT2D eigenvalue weighted by atomic mass is 10.00. The van der Waals surface area contributed by atoms with Crippen LogP contribution < -0.4 is 0 Å². The molecule has 13 aromatic rings. The highest BCUT2D eigenvalue weighted by molar-refractivity contribution is 6.17. The number of fused-ring (bicyclic) bond motifs is 11. The van der Waals surface area contributed by atoms with Gasteiger partial charge in [-0.2, -0.15) is 0 Å². The highest BCUT2D eigenvalue weighted by Crippen LogP contribution is 2.44. The van der Waals surface area contributed by atoms with E-state index in [1.165, 1.54) is 26.9 Å². The van der Waals surface area contributed by atoms with Crippen molar-refractivity contribution in [3.05, 3.63) is 194 Å². The smallest absolute Gasteiger partial charge is 0.166 e. The lowest BCUT2D eigenvalue weighted by Gasteiger charge is -2.16. The van der Waals surface area contributed by atoms with Crippen LogP contribution in [0.3, 0.4) is 0 Å². The van der Waals surface area contributed by atoms with Crippen molar-refractivity contribution in [3.63, 3.8) is 0 Å². The standard InChI is InChI=1S/C55H32N4O/c1-2-15-36-32-49-47(31-35(36)14-1)42-19-7-9-22-48(42)59(49)51-46(29-28-44-43-20-8-10-23-50(43)60-52(44)51)55-57-53(56-54(58-55)45-21-11-16-33-12-3-6-18-40(33)45)38-26-27-41-37(30-38)25-24-34-13-4-5-17-39(34)41/h1-32H. The van der Waals surface area contributed by atoms with Crippen molar-refractivity contribution in [3.8, 4) is 39.9 Å². The first-order chi connectivity index (χ1) is 29.7. The Hall–Kier alpha value is -8.15. The molecule has 13 rings (SSSR count). The van der Waals surface area contributed by atoms with Crippen LogP contribution in [0, 0.1) is 0 Å². The number of furan rings is 1. The topological polar surface area (TPSA) is 56.7 Å². The van der Waals surface area contributed by atoms with Crippen LogP contribution in [-0.4, -0.2) is 19.5 Å². The van der Waals surface area contributed by atoms with E-state index in [1.807, 2.05) is 12.1 Å². The molecule has 0 atom stereocenters. The first-order valence-corrected chi connectivity index (χ1v) is 20.3. The summed E-state index contributed by atoms with van der Waals surface area (Å²) in [5.41, 5.74) is 7.34. The summed E-state index contributed by atoms with van der Waals surface area (Å²) >= 11 is 0. The fourth-order valence-corrected chi connectivity index (χ4v) is 9.39. The number of aromatic nitrogens is 4. The number of hydrogen-bond acceptors (Lipinski definition) is 4. The SMILES string of the molecule is c1ccc2cc3c(cc2c1)c1ccccc1n3-c1c(-c2nc(-c3ccc4c(ccc5ccccc54)c3)nc(-c3cccc4ccccc34)n2)ccc2c1oc1ccccc12. The minimum absolute atomic E-state index is 0.561. The molecule has 10 aromatic carbocycles. The maximum atomic E-state index is 6.93. The molecule has 5 heteroatoms. The Morgan fingerprint density at radius 2 is 0.933 bits per heavy atom. The molecule has 0 spiro atoms. The number of rotatable bonds is 4. The summed E-state index contributed by atoms with van der Waals surface area (Å²) in [6.45, 7) is 0. The molecule has 0 fully saturated rings. The zero-order valence-corrected chi connectivity index (χ0v) is 32.2. The Balaban J connectivity index is 1.15. The molecule has 0 aliphatic rings. The van der Waals surface area contributed by atoms with Gasteiger partial charge < -0.3 is 8.98 Å². The van der Waals surface area contributed by atoms with Gasteiger partial charge in [0.15, 0.2) is 23.1 Å². The van der Waals surface area contributed by atoms with E-state index in [4.69, 9.17) is 19.4 Å². The number of hydrogen-bond donors (Lipinski definition) is 0. The van der Waals surface area contributed by atoms with Crippen LogP contribution in [0.4, 0.5) is 0 Å². The molecule has 0 saturated heterocycles. The van der Waals surface area contributed by atoms with Gasteiger partial charge in [-0.05, 0) is 85.6 Å². The van der Waals surface area contributed by atoms with Crippen molar-refractivity contribution in [2.75, 3.05) is 0 Å². The van der Waals surface area contributed by atoms with Crippen LogP contribution in [0.1, 0.15) is 0 Å². The molecule has 5 nitrogen and oxygen atoms in total. The minimum Gasteiger partial charge on any atom is -0.454 e. The van der Waals surface area contributed by atoms with E-state index in [0.29, 0.717) is 17.5 Å². The molecule has 278 valence electrons. The molecule has 0 aliphatic carbocycles. The van der Waals surface area contributed by atoms with Gasteiger partial charge in [-0.15, -0.1) is 0 Å². The van der Waals surface area contributed by atoms with E-state index in [-0.39, 0.29) is 0 Å². The van der Waals surface area contributed by atoms with Gasteiger partial charge in [0, 0.05) is 38.2 Å². The predicted octanol–water partition coefficient (Wildman–Crippen LogP) is 14.5. The van der Waals surface area contributed by atoms with Gasteiger partial charge in [-0.1, -0.05) is 152 Å². The Bertz CT molecular complexity index is 3910. The summed E-state index contributed by atoms with van der Waals surface area (Å²) in [5.74, 6) is 1.77. The third-order valence-electron chi connectivity index (χ3n) is 12.2. The second kappa shape index (κ2) is 12.7. The summed E-state index contributed by atoms with van der Waals surface area (Å²) in [5, 5.41) is 13.7. The van der Waals surface area contributed by atoms with Crippen LogP contribution in [0.5, 0.6) is 0 Å². The van der Waals surface area contributed by atoms with E-state index >= 15 is 0 Å². The average molecular weight is 765 g/mol. The summed E-state index contributed by atoms with van der Waals surface area (Å²) < 4.78 is 9.29. The van der Waals surface area contributed by atoms with Gasteiger partial charge in [0.2, 0.25) is 0 Å². The van der Waals surface area contributed by atoms with Gasteiger partial charge in [0.1, 0.15) is 11.3 Å². The molecule has 0 N–H and O–H groups in total. The van der Waals surface area contributed by atoms with Crippen LogP contribution in [0.25, 0.3) is 127 Å². The molecule has 0 radical (unpaired) electrons. The second-order valence-corrected chi connectivity index (χ2v) is 15.6. The molecule has 0 amide bonds. The number of benzene rings is 10. The lowest BCUT2D eigenvalue weighted by molar-refractivity contribution is 0.666. The van der Waals surface area contributed by atoms with Crippen molar-refractivity contribution in [2.24, 2.45) is 0 Å². The maximum absolute atomic E-state index is 6.93. The Morgan fingerprint density at radius 3 is 1.78 bits per heavy atom. The fourth-order valence-electron chi connectivity index (χ4n) is 9.39. The van der Waals surface area contributed by atoms with E-state index in [0.717, 1.165) is 82.3 Å². The van der Waals surface area contributed by atoms with Crippen LogP contribution in [-0.2, 0) is 0 Å². The highest BCUT2D eigenvalue weighted by Gasteiger charge is 2.25. The largest absolute Gasteiger partial charge is 0.454 e. The number of nitrogens with zero attached hydrogens (tertiary/aromatic N) is 4. The summed E-state index contributed by atoms with van der Waals surface area (Å²) in [4.78, 5) is 16.1. The Labute approximate surface area is 343 Å². The van der Waals surface area contributed by atoms with Crippen molar-refractivity contribution < 1.29 is 4.42 Å². The van der Waals surface area contributed by atoms with Crippen LogP contribution >= 0.6 is 0 Å². The van der Waals surface area contributed by atoms with Crippen LogP contribution in [0.2, 0.25) is 0 Å². The Kier molecular flexibility index (Phi) is 6.95. The zero-order chi connectivity index (χ0) is 39.3. The van der Waals surface area contributed by atoms with Crippen molar-refractivity contribution in [1.82, 2.24) is 19.5 Å². The van der Waals surface area contributed by atoms with Gasteiger partial charge in [-0.3, -0.25) is 0 Å². The molecular formula is C55H32N4O. The van der Waals surface area contributed by atoms with E-state index in [2.05, 4.69) is 187 Å². The normalized spacial score (nSPS) is 12.0. The van der Waals surface area contributed by atoms with E-state index < -0.39 is 0 Å². The average Bonchev–Trinajstić information content (AvgIpc) is 3.85. The predicted molar refractivity (Wildman–Crippen MR) is 248 cm³/mol. The van der Waals surface area contributed by atoms with Crippen molar-refractivity contribution >= 4 is 86.8 Å². The fraction of sp³-hybridized carbons (Fsp3) is 0. The third-order valence-corrected chi connectivity index (χ3v) is 12.2. The van der Waals surface area contributed by atoms with Crippen molar-refractivity contribution in [2.45, 2.75) is 0 Å². The van der Waals surface area contributed by atoms with Gasteiger partial charge in [-0.25, -0.2) is 15.0 Å². The number of para-hydroxylation sites is 2. The summed E-state index contributed by atoms with van der Waals surface area (Å²) in [6.07, 6.45) is 0. The highest BCUT2D eigenvalue weighted by atomic mass is 16.3. The lowest BCUT2D eigenvalue weighted by Crippen LogP contribution is -2.04. The third kappa shape index (κ3) is 4.90. The van der Waals surface area contributed by atoms with E-state index in [9.17, 15) is 0 Å². The Morgan fingerprint density at radius 1 is 0.333 bits per heavy atom. The summed E-state index contributed by atoms with van der Waals surface area (Å²) in [6, 6.07) is 68.6. The van der Waals surface area contributed by atoms with Gasteiger partial charge in [0.05, 0.1) is 11.0 Å². The van der Waals surface area contributed by atoms with Gasteiger partial charge >= 0.3 is 0 Å². The zero-order valence-electron chi connectivity index (χ0n) is 32.2. The second-order valence-electron chi connectivity index (χ2n) is 15.6. The van der Waals surface area contributed by atoms with E-state index in [1.54, 1.807) is 0 Å².